The van der Waals surface area contributed by atoms with Crippen LogP contribution in [0.1, 0.15) is 19.8 Å². The molecule has 1 unspecified atom stereocenters. The zero-order valence-electron chi connectivity index (χ0n) is 7.05. The quantitative estimate of drug-likeness (QED) is 0.466. The first-order valence-electron chi connectivity index (χ1n) is 4.25. The number of nitrogens with zero attached hydrogens (tertiary/aromatic N) is 1. The molecule has 1 aliphatic rings. The summed E-state index contributed by atoms with van der Waals surface area (Å²) < 4.78 is 0. The average molecular weight is 156 g/mol. The topological polar surface area (TPSA) is 32.3 Å². The van der Waals surface area contributed by atoms with Gasteiger partial charge in [0, 0.05) is 19.1 Å². The van der Waals surface area contributed by atoms with E-state index in [1.165, 1.54) is 19.4 Å². The van der Waals surface area contributed by atoms with Crippen molar-refractivity contribution in [1.82, 2.24) is 10.2 Å². The Kier molecular flexibility index (Phi) is 3.36. The van der Waals surface area contributed by atoms with Gasteiger partial charge < -0.3 is 5.32 Å². The number of amides is 1. The number of hydrogen-bond acceptors (Lipinski definition) is 2. The third kappa shape index (κ3) is 2.50. The van der Waals surface area contributed by atoms with Gasteiger partial charge in [0.05, 0.1) is 0 Å². The van der Waals surface area contributed by atoms with Gasteiger partial charge in [0.25, 0.3) is 0 Å². The Balaban J connectivity index is 2.10. The summed E-state index contributed by atoms with van der Waals surface area (Å²) in [7, 11) is 0. The lowest BCUT2D eigenvalue weighted by Gasteiger charge is -2.19. The van der Waals surface area contributed by atoms with Crippen LogP contribution >= 0.6 is 0 Å². The van der Waals surface area contributed by atoms with E-state index in [0.717, 1.165) is 19.5 Å². The maximum atomic E-state index is 9.93. The molecule has 0 bridgehead atoms. The molecule has 0 spiro atoms. The normalized spacial score (nSPS) is 25.4. The molecule has 1 N–H and O–H groups in total. The molecule has 1 atom stereocenters. The molecule has 0 saturated carbocycles. The van der Waals surface area contributed by atoms with Crippen molar-refractivity contribution in [2.24, 2.45) is 0 Å². The fourth-order valence-corrected chi connectivity index (χ4v) is 1.59. The summed E-state index contributed by atoms with van der Waals surface area (Å²) in [6.07, 6.45) is 3.38. The number of nitrogens with one attached hydrogen (secondary N) is 1. The first kappa shape index (κ1) is 8.53. The van der Waals surface area contributed by atoms with Crippen molar-refractivity contribution >= 4 is 6.41 Å². The summed E-state index contributed by atoms with van der Waals surface area (Å²) in [6.45, 7) is 5.23. The van der Waals surface area contributed by atoms with E-state index in [1.807, 2.05) is 0 Å². The van der Waals surface area contributed by atoms with Crippen molar-refractivity contribution in [3.05, 3.63) is 0 Å². The highest BCUT2D eigenvalue weighted by molar-refractivity contribution is 5.45. The van der Waals surface area contributed by atoms with Crippen LogP contribution < -0.4 is 5.32 Å². The van der Waals surface area contributed by atoms with Gasteiger partial charge in [-0.25, -0.2) is 0 Å². The van der Waals surface area contributed by atoms with Gasteiger partial charge >= 0.3 is 0 Å². The zero-order chi connectivity index (χ0) is 8.10. The molecule has 64 valence electrons. The van der Waals surface area contributed by atoms with Gasteiger partial charge in [-0.3, -0.25) is 9.69 Å². The van der Waals surface area contributed by atoms with E-state index < -0.39 is 0 Å². The molecular weight excluding hydrogens is 140 g/mol. The lowest BCUT2D eigenvalue weighted by Crippen LogP contribution is -2.33. The van der Waals surface area contributed by atoms with Crippen molar-refractivity contribution in [1.29, 1.82) is 0 Å². The van der Waals surface area contributed by atoms with Crippen LogP contribution in [0.2, 0.25) is 0 Å². The minimum absolute atomic E-state index is 0.712. The molecule has 1 aliphatic heterocycles. The first-order valence-corrected chi connectivity index (χ1v) is 4.25. The Bertz CT molecular complexity index is 127. The minimum Gasteiger partial charge on any atom is -0.357 e. The van der Waals surface area contributed by atoms with E-state index in [4.69, 9.17) is 0 Å². The molecule has 1 amide bonds. The van der Waals surface area contributed by atoms with Gasteiger partial charge in [0.1, 0.15) is 0 Å². The molecule has 0 aromatic heterocycles. The Morgan fingerprint density at radius 3 is 3.09 bits per heavy atom. The molecule has 1 fully saturated rings. The van der Waals surface area contributed by atoms with Crippen LogP contribution in [0.4, 0.5) is 0 Å². The molecule has 0 aromatic carbocycles. The third-order valence-corrected chi connectivity index (χ3v) is 2.32. The van der Waals surface area contributed by atoms with Crippen molar-refractivity contribution in [2.45, 2.75) is 25.8 Å². The molecule has 0 aliphatic carbocycles. The van der Waals surface area contributed by atoms with Crippen LogP contribution in [-0.4, -0.2) is 37.0 Å². The monoisotopic (exact) mass is 156 g/mol. The van der Waals surface area contributed by atoms with Crippen LogP contribution in [0.5, 0.6) is 0 Å². The molecule has 0 aromatic rings. The van der Waals surface area contributed by atoms with Gasteiger partial charge in [-0.2, -0.15) is 0 Å². The second kappa shape index (κ2) is 4.34. The van der Waals surface area contributed by atoms with E-state index in [-0.39, 0.29) is 0 Å². The van der Waals surface area contributed by atoms with Gasteiger partial charge in [0.15, 0.2) is 0 Å². The van der Waals surface area contributed by atoms with Crippen LogP contribution in [0.15, 0.2) is 0 Å². The van der Waals surface area contributed by atoms with E-state index in [0.29, 0.717) is 6.04 Å². The second-order valence-corrected chi connectivity index (χ2v) is 3.10. The molecule has 11 heavy (non-hydrogen) atoms. The van der Waals surface area contributed by atoms with Crippen molar-refractivity contribution in [3.63, 3.8) is 0 Å². The molecule has 1 heterocycles. The molecule has 3 nitrogen and oxygen atoms in total. The first-order chi connectivity index (χ1) is 5.34. The molecule has 0 radical (unpaired) electrons. The standard InChI is InChI=1S/C8H16N2O/c1-8-3-2-5-10(8)6-4-9-7-11/h7-8H,2-6H2,1H3,(H,9,11). The fourth-order valence-electron chi connectivity index (χ4n) is 1.59. The summed E-state index contributed by atoms with van der Waals surface area (Å²) in [5.74, 6) is 0. The van der Waals surface area contributed by atoms with E-state index >= 15 is 0 Å². The number of carbonyl (C=O) groups excluding carboxylic acids is 1. The van der Waals surface area contributed by atoms with Gasteiger partial charge in [-0.15, -0.1) is 0 Å². The summed E-state index contributed by atoms with van der Waals surface area (Å²) >= 11 is 0. The van der Waals surface area contributed by atoms with Crippen LogP contribution in [0.3, 0.4) is 0 Å². The largest absolute Gasteiger partial charge is 0.357 e. The molecular formula is C8H16N2O. The van der Waals surface area contributed by atoms with Gasteiger partial charge in [0.2, 0.25) is 6.41 Å². The SMILES string of the molecule is CC1CCCN1CCNC=O. The molecule has 1 rings (SSSR count). The maximum absolute atomic E-state index is 9.93. The number of carbonyl (C=O) groups is 1. The summed E-state index contributed by atoms with van der Waals surface area (Å²) in [5.41, 5.74) is 0. The van der Waals surface area contributed by atoms with Crippen molar-refractivity contribution in [2.75, 3.05) is 19.6 Å². The highest BCUT2D eigenvalue weighted by Crippen LogP contribution is 2.14. The lowest BCUT2D eigenvalue weighted by molar-refractivity contribution is -0.109. The second-order valence-electron chi connectivity index (χ2n) is 3.10. The predicted octanol–water partition coefficient (Wildman–Crippen LogP) is 0.217. The van der Waals surface area contributed by atoms with Crippen LogP contribution in [0, 0.1) is 0 Å². The fraction of sp³-hybridized carbons (Fsp3) is 0.875. The Morgan fingerprint density at radius 2 is 2.55 bits per heavy atom. The molecule has 1 saturated heterocycles. The summed E-state index contributed by atoms with van der Waals surface area (Å²) in [6, 6.07) is 0.712. The summed E-state index contributed by atoms with van der Waals surface area (Å²) in [5, 5.41) is 2.67. The number of likely N-dealkylation sites (tertiary alicyclic amines) is 1. The minimum atomic E-state index is 0.712. The lowest BCUT2D eigenvalue weighted by atomic mass is 10.2. The number of hydrogen-bond donors (Lipinski definition) is 1. The van der Waals surface area contributed by atoms with Crippen molar-refractivity contribution < 1.29 is 4.79 Å². The Labute approximate surface area is 67.8 Å². The van der Waals surface area contributed by atoms with Crippen molar-refractivity contribution in [3.8, 4) is 0 Å². The average Bonchev–Trinajstić information content (AvgIpc) is 2.37. The highest BCUT2D eigenvalue weighted by Gasteiger charge is 2.18. The third-order valence-electron chi connectivity index (χ3n) is 2.32. The molecule has 3 heteroatoms. The zero-order valence-corrected chi connectivity index (χ0v) is 7.05. The van der Waals surface area contributed by atoms with Crippen LogP contribution in [0.25, 0.3) is 0 Å². The number of rotatable bonds is 4. The highest BCUT2D eigenvalue weighted by atomic mass is 16.1. The van der Waals surface area contributed by atoms with Crippen LogP contribution in [-0.2, 0) is 4.79 Å². The maximum Gasteiger partial charge on any atom is 0.207 e. The Hall–Kier alpha value is -0.570. The van der Waals surface area contributed by atoms with E-state index in [2.05, 4.69) is 17.1 Å². The predicted molar refractivity (Wildman–Crippen MR) is 44.3 cm³/mol. The summed E-state index contributed by atoms with van der Waals surface area (Å²) in [4.78, 5) is 12.3. The van der Waals surface area contributed by atoms with Gasteiger partial charge in [-0.05, 0) is 26.3 Å². The van der Waals surface area contributed by atoms with E-state index in [1.54, 1.807) is 0 Å². The Morgan fingerprint density at radius 1 is 1.73 bits per heavy atom. The smallest absolute Gasteiger partial charge is 0.207 e. The van der Waals surface area contributed by atoms with E-state index in [9.17, 15) is 4.79 Å². The van der Waals surface area contributed by atoms with Gasteiger partial charge in [-0.1, -0.05) is 0 Å².